The molecular formula is C19H28O3. The molecule has 0 heterocycles. The van der Waals surface area contributed by atoms with E-state index in [9.17, 15) is 14.7 Å². The average Bonchev–Trinajstić information content (AvgIpc) is 2.77. The average molecular weight is 304 g/mol. The molecule has 3 nitrogen and oxygen atoms in total. The van der Waals surface area contributed by atoms with Crippen LogP contribution in [-0.2, 0) is 9.59 Å². The van der Waals surface area contributed by atoms with Crippen molar-refractivity contribution in [3.63, 3.8) is 0 Å². The fourth-order valence-electron chi connectivity index (χ4n) is 6.76. The molecule has 0 amide bonds. The molecule has 0 saturated heterocycles. The Hall–Kier alpha value is -0.700. The van der Waals surface area contributed by atoms with Crippen molar-refractivity contribution in [2.75, 3.05) is 0 Å². The van der Waals surface area contributed by atoms with Crippen molar-refractivity contribution in [1.29, 1.82) is 0 Å². The molecule has 122 valence electrons. The molecule has 4 aliphatic carbocycles. The minimum atomic E-state index is -0.661. The van der Waals surface area contributed by atoms with Gasteiger partial charge in [0.25, 0.3) is 0 Å². The lowest BCUT2D eigenvalue weighted by Crippen LogP contribution is -2.65. The molecule has 0 aromatic heterocycles. The molecule has 0 unspecified atom stereocenters. The van der Waals surface area contributed by atoms with Crippen LogP contribution in [0, 0.1) is 28.6 Å². The van der Waals surface area contributed by atoms with Crippen LogP contribution in [0.25, 0.3) is 0 Å². The third kappa shape index (κ3) is 1.61. The lowest BCUT2D eigenvalue weighted by Gasteiger charge is -2.64. The molecule has 0 radical (unpaired) electrons. The summed E-state index contributed by atoms with van der Waals surface area (Å²) in [6.45, 7) is 4.38. The molecule has 3 heteroatoms. The van der Waals surface area contributed by atoms with Gasteiger partial charge in [0.2, 0.25) is 0 Å². The van der Waals surface area contributed by atoms with Gasteiger partial charge in [0.05, 0.1) is 5.60 Å². The lowest BCUT2D eigenvalue weighted by atomic mass is 9.43. The SMILES string of the molecule is C[C@]12CCC(=O)C[C@@H]1CC[C@H]1[C@@H]3CCC(=O)[C@@]3(C)CC[C@@]12O. The van der Waals surface area contributed by atoms with Gasteiger partial charge in [0.1, 0.15) is 11.6 Å². The van der Waals surface area contributed by atoms with Gasteiger partial charge in [-0.25, -0.2) is 0 Å². The number of carbonyl (C=O) groups excluding carboxylic acids is 2. The first-order chi connectivity index (χ1) is 10.3. The van der Waals surface area contributed by atoms with Crippen LogP contribution >= 0.6 is 0 Å². The van der Waals surface area contributed by atoms with Crippen molar-refractivity contribution in [3.05, 3.63) is 0 Å². The Bertz CT molecular complexity index is 541. The first-order valence-electron chi connectivity index (χ1n) is 9.09. The van der Waals surface area contributed by atoms with Crippen molar-refractivity contribution in [1.82, 2.24) is 0 Å². The summed E-state index contributed by atoms with van der Waals surface area (Å²) in [6.07, 6.45) is 7.41. The Labute approximate surface area is 132 Å². The third-order valence-corrected chi connectivity index (χ3v) is 8.38. The van der Waals surface area contributed by atoms with Crippen molar-refractivity contribution in [2.45, 2.75) is 77.2 Å². The van der Waals surface area contributed by atoms with Crippen LogP contribution < -0.4 is 0 Å². The van der Waals surface area contributed by atoms with Gasteiger partial charge in [-0.3, -0.25) is 9.59 Å². The van der Waals surface area contributed by atoms with Crippen molar-refractivity contribution in [3.8, 4) is 0 Å². The van der Waals surface area contributed by atoms with Crippen LogP contribution in [0.3, 0.4) is 0 Å². The second kappa shape index (κ2) is 4.43. The van der Waals surface area contributed by atoms with Gasteiger partial charge in [-0.15, -0.1) is 0 Å². The van der Waals surface area contributed by atoms with E-state index in [1.54, 1.807) is 0 Å². The minimum absolute atomic E-state index is 0.128. The summed E-state index contributed by atoms with van der Waals surface area (Å²) < 4.78 is 0. The first-order valence-corrected chi connectivity index (χ1v) is 9.09. The lowest BCUT2D eigenvalue weighted by molar-refractivity contribution is -0.228. The van der Waals surface area contributed by atoms with E-state index in [4.69, 9.17) is 0 Å². The first kappa shape index (κ1) is 14.9. The molecule has 0 aromatic carbocycles. The largest absolute Gasteiger partial charge is 0.389 e. The Balaban J connectivity index is 1.72. The van der Waals surface area contributed by atoms with Crippen LogP contribution in [0.1, 0.15) is 71.6 Å². The van der Waals surface area contributed by atoms with E-state index in [0.29, 0.717) is 42.7 Å². The topological polar surface area (TPSA) is 54.4 Å². The Morgan fingerprint density at radius 3 is 2.50 bits per heavy atom. The number of hydrogen-bond donors (Lipinski definition) is 1. The standard InChI is InChI=1S/C19H28O3/c1-17-9-10-19(22)15(14(17)5-6-16(17)21)4-3-12-11-13(20)7-8-18(12,19)2/h12,14-15,22H,3-11H2,1-2H3/t12-,14-,15-,17-,18-,19+/m0/s1. The second-order valence-corrected chi connectivity index (χ2v) is 8.95. The van der Waals surface area contributed by atoms with E-state index in [0.717, 1.165) is 38.5 Å². The van der Waals surface area contributed by atoms with Crippen molar-refractivity contribution >= 4 is 11.6 Å². The summed E-state index contributed by atoms with van der Waals surface area (Å²) in [5.41, 5.74) is -0.979. The minimum Gasteiger partial charge on any atom is -0.389 e. The summed E-state index contributed by atoms with van der Waals surface area (Å²) in [5, 5.41) is 11.8. The molecule has 6 atom stereocenters. The van der Waals surface area contributed by atoms with E-state index < -0.39 is 5.60 Å². The number of aliphatic hydroxyl groups is 1. The van der Waals surface area contributed by atoms with Crippen molar-refractivity contribution in [2.24, 2.45) is 28.6 Å². The zero-order valence-corrected chi connectivity index (χ0v) is 13.9. The van der Waals surface area contributed by atoms with E-state index in [1.165, 1.54) is 0 Å². The predicted octanol–water partition coefficient (Wildman–Crippen LogP) is 3.28. The van der Waals surface area contributed by atoms with Gasteiger partial charge in [-0.1, -0.05) is 13.8 Å². The van der Waals surface area contributed by atoms with E-state index in [1.807, 2.05) is 0 Å². The molecule has 4 saturated carbocycles. The van der Waals surface area contributed by atoms with Gasteiger partial charge in [-0.2, -0.15) is 0 Å². The number of ketones is 2. The molecule has 4 aliphatic rings. The summed E-state index contributed by atoms with van der Waals surface area (Å²) in [5.74, 6) is 1.75. The van der Waals surface area contributed by atoms with Gasteiger partial charge in [0, 0.05) is 30.1 Å². The molecule has 0 aliphatic heterocycles. The van der Waals surface area contributed by atoms with Gasteiger partial charge in [0.15, 0.2) is 0 Å². The zero-order chi connectivity index (χ0) is 15.8. The maximum absolute atomic E-state index is 12.4. The number of Topliss-reactive ketones (excluding diaryl/α,β-unsaturated/α-hetero) is 2. The fraction of sp³-hybridized carbons (Fsp3) is 0.895. The Morgan fingerprint density at radius 2 is 1.73 bits per heavy atom. The van der Waals surface area contributed by atoms with E-state index in [2.05, 4.69) is 13.8 Å². The smallest absolute Gasteiger partial charge is 0.139 e. The van der Waals surface area contributed by atoms with Crippen LogP contribution in [0.2, 0.25) is 0 Å². The van der Waals surface area contributed by atoms with E-state index in [-0.39, 0.29) is 16.7 Å². The molecule has 1 N–H and O–H groups in total. The highest BCUT2D eigenvalue weighted by Crippen LogP contribution is 2.66. The zero-order valence-electron chi connectivity index (χ0n) is 13.9. The molecule has 22 heavy (non-hydrogen) atoms. The Kier molecular flexibility index (Phi) is 3.00. The van der Waals surface area contributed by atoms with Gasteiger partial charge < -0.3 is 5.11 Å². The second-order valence-electron chi connectivity index (χ2n) is 8.95. The highest BCUT2D eigenvalue weighted by Gasteiger charge is 2.66. The normalized spacial score (nSPS) is 54.6. The van der Waals surface area contributed by atoms with Crippen LogP contribution in [0.4, 0.5) is 0 Å². The monoisotopic (exact) mass is 304 g/mol. The molecular weight excluding hydrogens is 276 g/mol. The molecule has 4 rings (SSSR count). The Morgan fingerprint density at radius 1 is 0.955 bits per heavy atom. The number of hydrogen-bond acceptors (Lipinski definition) is 3. The summed E-state index contributed by atoms with van der Waals surface area (Å²) >= 11 is 0. The van der Waals surface area contributed by atoms with Crippen molar-refractivity contribution < 1.29 is 14.7 Å². The maximum atomic E-state index is 12.4. The molecule has 0 spiro atoms. The van der Waals surface area contributed by atoms with E-state index >= 15 is 0 Å². The van der Waals surface area contributed by atoms with Gasteiger partial charge >= 0.3 is 0 Å². The molecule has 4 fully saturated rings. The summed E-state index contributed by atoms with van der Waals surface area (Å²) in [4.78, 5) is 24.3. The maximum Gasteiger partial charge on any atom is 0.139 e. The quantitative estimate of drug-likeness (QED) is 0.747. The number of rotatable bonds is 0. The summed E-state index contributed by atoms with van der Waals surface area (Å²) in [7, 11) is 0. The molecule has 0 aromatic rings. The molecule has 0 bridgehead atoms. The number of carbonyl (C=O) groups is 2. The number of fused-ring (bicyclic) bond motifs is 5. The van der Waals surface area contributed by atoms with Crippen LogP contribution in [0.5, 0.6) is 0 Å². The third-order valence-electron chi connectivity index (χ3n) is 8.38. The summed E-state index contributed by atoms with van der Waals surface area (Å²) in [6, 6.07) is 0. The van der Waals surface area contributed by atoms with Crippen LogP contribution in [0.15, 0.2) is 0 Å². The highest BCUT2D eigenvalue weighted by atomic mass is 16.3. The van der Waals surface area contributed by atoms with Gasteiger partial charge in [-0.05, 0) is 56.3 Å². The van der Waals surface area contributed by atoms with Crippen LogP contribution in [-0.4, -0.2) is 22.3 Å². The highest BCUT2D eigenvalue weighted by molar-refractivity contribution is 5.87. The fourth-order valence-corrected chi connectivity index (χ4v) is 6.76. The predicted molar refractivity (Wildman–Crippen MR) is 83.2 cm³/mol.